The number of rotatable bonds is 0. The van der Waals surface area contributed by atoms with Gasteiger partial charge < -0.3 is 9.13 Å². The third-order valence-corrected chi connectivity index (χ3v) is 6.47. The quantitative estimate of drug-likeness (QED) is 0.265. The van der Waals surface area contributed by atoms with Crippen molar-refractivity contribution in [2.45, 2.75) is 13.8 Å². The number of aryl methyl sites for hydroxylation is 4. The Labute approximate surface area is 163 Å². The molecule has 0 radical (unpaired) electrons. The van der Waals surface area contributed by atoms with E-state index >= 15 is 0 Å². The average molecular weight is 362 g/mol. The van der Waals surface area contributed by atoms with Crippen LogP contribution in [0.3, 0.4) is 0 Å². The van der Waals surface area contributed by atoms with Crippen molar-refractivity contribution in [2.24, 2.45) is 14.1 Å². The molecule has 0 atom stereocenters. The molecule has 136 valence electrons. The van der Waals surface area contributed by atoms with Crippen LogP contribution in [-0.4, -0.2) is 9.13 Å². The molecule has 0 aliphatic heterocycles. The van der Waals surface area contributed by atoms with Gasteiger partial charge in [-0.3, -0.25) is 0 Å². The molecule has 2 nitrogen and oxygen atoms in total. The van der Waals surface area contributed by atoms with E-state index in [1.807, 2.05) is 0 Å². The third-order valence-electron chi connectivity index (χ3n) is 6.47. The number of aromatic nitrogens is 2. The lowest BCUT2D eigenvalue weighted by Crippen LogP contribution is -1.86. The first kappa shape index (κ1) is 15.8. The lowest BCUT2D eigenvalue weighted by Gasteiger charge is -2.11. The normalized spacial score (nSPS) is 12.3. The largest absolute Gasteiger partial charge is 0.350 e. The third kappa shape index (κ3) is 1.83. The van der Waals surface area contributed by atoms with E-state index < -0.39 is 0 Å². The fourth-order valence-electron chi connectivity index (χ4n) is 5.28. The summed E-state index contributed by atoms with van der Waals surface area (Å²) in [5, 5.41) is 10.8. The minimum atomic E-state index is 1.30. The molecule has 0 bridgehead atoms. The number of fused-ring (bicyclic) bond motifs is 9. The van der Waals surface area contributed by atoms with Crippen LogP contribution < -0.4 is 0 Å². The van der Waals surface area contributed by atoms with Crippen LogP contribution in [0.5, 0.6) is 0 Å². The predicted octanol–water partition coefficient (Wildman–Crippen LogP) is 6.75. The van der Waals surface area contributed by atoms with Crippen LogP contribution >= 0.6 is 0 Å². The van der Waals surface area contributed by atoms with Gasteiger partial charge in [0.15, 0.2) is 0 Å². The summed E-state index contributed by atoms with van der Waals surface area (Å²) < 4.78 is 4.45. The average Bonchev–Trinajstić information content (AvgIpc) is 3.16. The molecule has 0 fully saturated rings. The summed E-state index contributed by atoms with van der Waals surface area (Å²) in [7, 11) is 4.26. The zero-order valence-corrected chi connectivity index (χ0v) is 16.7. The van der Waals surface area contributed by atoms with Crippen molar-refractivity contribution in [1.82, 2.24) is 9.13 Å². The SMILES string of the molecule is Cc1cn(C)c2ccc3c4ccc5c(ccc6c5c(C)cn6C)c4ccc3c12. The van der Waals surface area contributed by atoms with Gasteiger partial charge in [-0.2, -0.15) is 0 Å². The first-order valence-electron chi connectivity index (χ1n) is 9.83. The topological polar surface area (TPSA) is 9.86 Å². The maximum absolute atomic E-state index is 2.32. The fraction of sp³-hybridized carbons (Fsp3) is 0.154. The second-order valence-electron chi connectivity index (χ2n) is 8.18. The Bertz CT molecular complexity index is 1470. The number of hydrogen-bond donors (Lipinski definition) is 0. The molecule has 6 rings (SSSR count). The predicted molar refractivity (Wildman–Crippen MR) is 121 cm³/mol. The molecule has 0 N–H and O–H groups in total. The van der Waals surface area contributed by atoms with Gasteiger partial charge >= 0.3 is 0 Å². The lowest BCUT2D eigenvalue weighted by atomic mass is 9.93. The molecule has 0 saturated carbocycles. The summed E-state index contributed by atoms with van der Waals surface area (Å²) in [5.41, 5.74) is 5.27. The molecule has 0 aliphatic rings. The first-order chi connectivity index (χ1) is 13.5. The molecule has 0 unspecified atom stereocenters. The molecular formula is C26H22N2. The summed E-state index contributed by atoms with van der Waals surface area (Å²) in [6.07, 6.45) is 4.45. The van der Waals surface area contributed by atoms with Crippen molar-refractivity contribution >= 4 is 54.1 Å². The Morgan fingerprint density at radius 2 is 0.786 bits per heavy atom. The molecule has 4 aromatic carbocycles. The van der Waals surface area contributed by atoms with Gasteiger partial charge in [-0.25, -0.2) is 0 Å². The molecule has 0 aliphatic carbocycles. The van der Waals surface area contributed by atoms with E-state index in [2.05, 4.69) is 98.0 Å². The van der Waals surface area contributed by atoms with Crippen LogP contribution in [0.15, 0.2) is 60.9 Å². The zero-order chi connectivity index (χ0) is 19.2. The van der Waals surface area contributed by atoms with Crippen molar-refractivity contribution in [2.75, 3.05) is 0 Å². The maximum Gasteiger partial charge on any atom is 0.0486 e. The van der Waals surface area contributed by atoms with Gasteiger partial charge in [0.2, 0.25) is 0 Å². The Hall–Kier alpha value is -3.26. The van der Waals surface area contributed by atoms with E-state index in [4.69, 9.17) is 0 Å². The van der Waals surface area contributed by atoms with Gasteiger partial charge in [0.05, 0.1) is 0 Å². The highest BCUT2D eigenvalue weighted by molar-refractivity contribution is 6.25. The van der Waals surface area contributed by atoms with Gasteiger partial charge in [0.1, 0.15) is 0 Å². The molecule has 0 spiro atoms. The Kier molecular flexibility index (Phi) is 2.91. The van der Waals surface area contributed by atoms with Crippen molar-refractivity contribution in [3.63, 3.8) is 0 Å². The van der Waals surface area contributed by atoms with E-state index in [1.165, 1.54) is 65.3 Å². The monoisotopic (exact) mass is 362 g/mol. The second kappa shape index (κ2) is 5.17. The van der Waals surface area contributed by atoms with Crippen LogP contribution in [0.25, 0.3) is 54.1 Å². The fourth-order valence-corrected chi connectivity index (χ4v) is 5.28. The standard InChI is InChI=1S/C26H22N2/c1-15-13-27(3)23-11-9-19-17-6-8-22-20(18(17)5-7-21(19)25(15)23)10-12-24-26(22)16(2)14-28(24)4/h5-14H,1-4H3. The summed E-state index contributed by atoms with van der Waals surface area (Å²) in [4.78, 5) is 0. The summed E-state index contributed by atoms with van der Waals surface area (Å²) in [5.74, 6) is 0. The van der Waals surface area contributed by atoms with Crippen molar-refractivity contribution in [1.29, 1.82) is 0 Å². The minimum absolute atomic E-state index is 1.30. The molecule has 0 saturated heterocycles. The Morgan fingerprint density at radius 1 is 0.464 bits per heavy atom. The van der Waals surface area contributed by atoms with Crippen molar-refractivity contribution in [3.05, 3.63) is 72.1 Å². The van der Waals surface area contributed by atoms with Crippen molar-refractivity contribution < 1.29 is 0 Å². The van der Waals surface area contributed by atoms with Gasteiger partial charge in [0, 0.05) is 48.3 Å². The van der Waals surface area contributed by atoms with Crippen LogP contribution in [0.4, 0.5) is 0 Å². The van der Waals surface area contributed by atoms with E-state index in [-0.39, 0.29) is 0 Å². The molecule has 0 amide bonds. The Morgan fingerprint density at radius 3 is 1.21 bits per heavy atom. The van der Waals surface area contributed by atoms with Crippen molar-refractivity contribution in [3.8, 4) is 0 Å². The number of hydrogen-bond acceptors (Lipinski definition) is 0. The lowest BCUT2D eigenvalue weighted by molar-refractivity contribution is 0.964. The smallest absolute Gasteiger partial charge is 0.0486 e. The highest BCUT2D eigenvalue weighted by Gasteiger charge is 2.13. The number of benzene rings is 4. The van der Waals surface area contributed by atoms with Gasteiger partial charge in [-0.05, 0) is 69.4 Å². The maximum atomic E-state index is 2.32. The van der Waals surface area contributed by atoms with Gasteiger partial charge in [-0.15, -0.1) is 0 Å². The zero-order valence-electron chi connectivity index (χ0n) is 16.7. The van der Waals surface area contributed by atoms with Crippen LogP contribution in [-0.2, 0) is 14.1 Å². The van der Waals surface area contributed by atoms with Gasteiger partial charge in [0.25, 0.3) is 0 Å². The summed E-state index contributed by atoms with van der Waals surface area (Å²) in [6.45, 7) is 4.42. The number of nitrogens with zero attached hydrogens (tertiary/aromatic N) is 2. The second-order valence-corrected chi connectivity index (χ2v) is 8.18. The van der Waals surface area contributed by atoms with Gasteiger partial charge in [-0.1, -0.05) is 36.4 Å². The molecule has 6 aromatic rings. The highest BCUT2D eigenvalue weighted by atomic mass is 14.9. The first-order valence-corrected chi connectivity index (χ1v) is 9.83. The summed E-state index contributed by atoms with van der Waals surface area (Å²) in [6, 6.07) is 18.4. The van der Waals surface area contributed by atoms with E-state index in [0.717, 1.165) is 0 Å². The summed E-state index contributed by atoms with van der Waals surface area (Å²) >= 11 is 0. The van der Waals surface area contributed by atoms with Crippen LogP contribution in [0, 0.1) is 13.8 Å². The minimum Gasteiger partial charge on any atom is -0.350 e. The molecule has 2 aromatic heterocycles. The molecule has 2 heteroatoms. The molecule has 28 heavy (non-hydrogen) atoms. The van der Waals surface area contributed by atoms with E-state index in [9.17, 15) is 0 Å². The van der Waals surface area contributed by atoms with Crippen LogP contribution in [0.2, 0.25) is 0 Å². The molecular weight excluding hydrogens is 340 g/mol. The van der Waals surface area contributed by atoms with Crippen LogP contribution in [0.1, 0.15) is 11.1 Å². The molecule has 2 heterocycles. The van der Waals surface area contributed by atoms with E-state index in [0.29, 0.717) is 0 Å². The highest BCUT2D eigenvalue weighted by Crippen LogP contribution is 2.38. The Balaban J connectivity index is 1.81. The van der Waals surface area contributed by atoms with E-state index in [1.54, 1.807) is 0 Å².